The van der Waals surface area contributed by atoms with E-state index in [-0.39, 0.29) is 30.2 Å². The van der Waals surface area contributed by atoms with Crippen LogP contribution in [0, 0.1) is 18.8 Å². The number of likely N-dealkylation sites (tertiary alicyclic amines) is 1. The van der Waals surface area contributed by atoms with E-state index < -0.39 is 5.91 Å². The number of anilines is 1. The summed E-state index contributed by atoms with van der Waals surface area (Å²) < 4.78 is 5.93. The van der Waals surface area contributed by atoms with Gasteiger partial charge in [-0.1, -0.05) is 49.2 Å². The molecule has 1 heterocycles. The number of nitrogens with zero attached hydrogens (tertiary/aromatic N) is 1. The summed E-state index contributed by atoms with van der Waals surface area (Å²) in [5.74, 6) is -0.747. The average molecular weight is 406 g/mol. The van der Waals surface area contributed by atoms with Gasteiger partial charge >= 0.3 is 0 Å². The number of benzene rings is 2. The van der Waals surface area contributed by atoms with Crippen molar-refractivity contribution in [2.75, 3.05) is 11.9 Å². The van der Waals surface area contributed by atoms with Gasteiger partial charge in [0.15, 0.2) is 0 Å². The van der Waals surface area contributed by atoms with Crippen molar-refractivity contribution in [1.29, 1.82) is 0 Å². The van der Waals surface area contributed by atoms with Gasteiger partial charge in [0, 0.05) is 0 Å². The maximum absolute atomic E-state index is 12.7. The molecule has 0 radical (unpaired) electrons. The van der Waals surface area contributed by atoms with Crippen molar-refractivity contribution in [3.8, 4) is 5.75 Å². The van der Waals surface area contributed by atoms with Crippen molar-refractivity contribution >= 4 is 23.4 Å². The van der Waals surface area contributed by atoms with Crippen LogP contribution >= 0.6 is 0 Å². The van der Waals surface area contributed by atoms with Crippen molar-refractivity contribution < 1.29 is 19.1 Å². The highest BCUT2D eigenvalue weighted by Gasteiger charge is 2.48. The Balaban J connectivity index is 1.43. The van der Waals surface area contributed by atoms with E-state index in [1.165, 1.54) is 0 Å². The van der Waals surface area contributed by atoms with E-state index in [9.17, 15) is 14.4 Å². The highest BCUT2D eigenvalue weighted by Crippen LogP contribution is 2.38. The lowest BCUT2D eigenvalue weighted by Gasteiger charge is -2.19. The molecule has 0 spiro atoms. The quantitative estimate of drug-likeness (QED) is 0.743. The molecule has 2 atom stereocenters. The molecule has 2 fully saturated rings. The Morgan fingerprint density at radius 3 is 2.37 bits per heavy atom. The first-order valence-corrected chi connectivity index (χ1v) is 10.5. The van der Waals surface area contributed by atoms with Crippen LogP contribution < -0.4 is 10.1 Å². The number of ether oxygens (including phenoxy) is 1. The maximum atomic E-state index is 12.7. The first kappa shape index (κ1) is 20.1. The molecule has 6 heteroatoms. The number of carbonyl (C=O) groups is 3. The highest BCUT2D eigenvalue weighted by atomic mass is 16.5. The molecule has 2 aromatic rings. The van der Waals surface area contributed by atoms with Crippen molar-refractivity contribution in [2.45, 2.75) is 39.2 Å². The van der Waals surface area contributed by atoms with Crippen molar-refractivity contribution in [3.63, 3.8) is 0 Å². The lowest BCUT2D eigenvalue weighted by Crippen LogP contribution is -2.38. The van der Waals surface area contributed by atoms with Crippen LogP contribution in [0.2, 0.25) is 0 Å². The number of hydrogen-bond donors (Lipinski definition) is 1. The van der Waals surface area contributed by atoms with Crippen LogP contribution in [0.4, 0.5) is 5.69 Å². The third-order valence-electron chi connectivity index (χ3n) is 5.88. The van der Waals surface area contributed by atoms with Gasteiger partial charge in [-0.3, -0.25) is 19.3 Å². The Morgan fingerprint density at radius 2 is 1.70 bits per heavy atom. The fourth-order valence-electron chi connectivity index (χ4n) is 4.31. The summed E-state index contributed by atoms with van der Waals surface area (Å²) in [6, 6.07) is 15.3. The monoisotopic (exact) mass is 406 g/mol. The molecule has 2 unspecified atom stereocenters. The average Bonchev–Trinajstić information content (AvgIpc) is 3.00. The molecule has 30 heavy (non-hydrogen) atoms. The second-order valence-corrected chi connectivity index (χ2v) is 8.08. The van der Waals surface area contributed by atoms with E-state index >= 15 is 0 Å². The predicted octanol–water partition coefficient (Wildman–Crippen LogP) is 3.69. The lowest BCUT2D eigenvalue weighted by atomic mass is 9.81. The minimum Gasteiger partial charge on any atom is -0.487 e. The number of aryl methyl sites for hydroxylation is 1. The number of rotatable bonds is 6. The Kier molecular flexibility index (Phi) is 5.84. The zero-order valence-electron chi connectivity index (χ0n) is 17.1. The predicted molar refractivity (Wildman–Crippen MR) is 113 cm³/mol. The summed E-state index contributed by atoms with van der Waals surface area (Å²) in [6.07, 6.45) is 3.41. The Labute approximate surface area is 176 Å². The summed E-state index contributed by atoms with van der Waals surface area (Å²) >= 11 is 0. The minimum absolute atomic E-state index is 0.204. The summed E-state index contributed by atoms with van der Waals surface area (Å²) in [6.45, 7) is 2.07. The molecule has 1 saturated heterocycles. The number of amides is 3. The zero-order chi connectivity index (χ0) is 21.1. The molecule has 0 bridgehead atoms. The van der Waals surface area contributed by atoms with Crippen LogP contribution in [0.5, 0.6) is 5.75 Å². The Hall–Kier alpha value is -3.15. The van der Waals surface area contributed by atoms with E-state index in [1.807, 2.05) is 49.4 Å². The highest BCUT2D eigenvalue weighted by molar-refractivity contribution is 6.08. The first-order chi connectivity index (χ1) is 14.5. The van der Waals surface area contributed by atoms with Crippen LogP contribution in [-0.4, -0.2) is 29.2 Å². The zero-order valence-corrected chi connectivity index (χ0v) is 17.1. The smallest absolute Gasteiger partial charge is 0.244 e. The number of hydrogen-bond acceptors (Lipinski definition) is 4. The van der Waals surface area contributed by atoms with Gasteiger partial charge in [-0.2, -0.15) is 0 Å². The molecule has 0 aromatic heterocycles. The van der Waals surface area contributed by atoms with Gasteiger partial charge in [-0.05, 0) is 43.0 Å². The summed E-state index contributed by atoms with van der Waals surface area (Å²) in [7, 11) is 0. The van der Waals surface area contributed by atoms with Crippen LogP contribution in [-0.2, 0) is 21.0 Å². The molecule has 4 rings (SSSR count). The molecule has 6 nitrogen and oxygen atoms in total. The summed E-state index contributed by atoms with van der Waals surface area (Å²) in [5.41, 5.74) is 2.55. The number of imide groups is 1. The van der Waals surface area contributed by atoms with Crippen LogP contribution in [0.1, 0.15) is 36.8 Å². The van der Waals surface area contributed by atoms with E-state index in [0.717, 1.165) is 41.7 Å². The van der Waals surface area contributed by atoms with Gasteiger partial charge < -0.3 is 10.1 Å². The van der Waals surface area contributed by atoms with Gasteiger partial charge in [0.2, 0.25) is 17.7 Å². The van der Waals surface area contributed by atoms with Gasteiger partial charge in [0.1, 0.15) is 18.9 Å². The van der Waals surface area contributed by atoms with E-state index in [1.54, 1.807) is 6.07 Å². The molecular formula is C24H26N2O4. The maximum Gasteiger partial charge on any atom is 0.244 e. The molecule has 1 aliphatic heterocycles. The third-order valence-corrected chi connectivity index (χ3v) is 5.88. The van der Waals surface area contributed by atoms with Gasteiger partial charge in [0.05, 0.1) is 17.5 Å². The van der Waals surface area contributed by atoms with E-state index in [2.05, 4.69) is 5.32 Å². The molecule has 2 aliphatic rings. The standard InChI is InChI=1S/C24H26N2O4/c1-16-11-12-20(21(13-16)30-15-17-7-3-2-4-8-17)25-22(27)14-26-23(28)18-9-5-6-10-19(18)24(26)29/h2-4,7-8,11-13,18-19H,5-6,9-10,14-15H2,1H3,(H,25,27). The fourth-order valence-corrected chi connectivity index (χ4v) is 4.31. The van der Waals surface area contributed by atoms with Gasteiger partial charge in [-0.25, -0.2) is 0 Å². The first-order valence-electron chi connectivity index (χ1n) is 10.5. The fraction of sp³-hybridized carbons (Fsp3) is 0.375. The summed E-state index contributed by atoms with van der Waals surface area (Å²) in [4.78, 5) is 39.0. The second kappa shape index (κ2) is 8.69. The molecule has 2 aromatic carbocycles. The number of carbonyl (C=O) groups excluding carboxylic acids is 3. The Bertz CT molecular complexity index is 933. The third kappa shape index (κ3) is 4.22. The van der Waals surface area contributed by atoms with Gasteiger partial charge in [-0.15, -0.1) is 0 Å². The van der Waals surface area contributed by atoms with E-state index in [4.69, 9.17) is 4.74 Å². The second-order valence-electron chi connectivity index (χ2n) is 8.08. The molecular weight excluding hydrogens is 380 g/mol. The van der Waals surface area contributed by atoms with Gasteiger partial charge in [0.25, 0.3) is 0 Å². The topological polar surface area (TPSA) is 75.7 Å². The van der Waals surface area contributed by atoms with Crippen molar-refractivity contribution in [1.82, 2.24) is 4.90 Å². The number of nitrogens with one attached hydrogen (secondary N) is 1. The molecule has 1 saturated carbocycles. The molecule has 156 valence electrons. The SMILES string of the molecule is Cc1ccc(NC(=O)CN2C(=O)C3CCCCC3C2=O)c(OCc2ccccc2)c1. The lowest BCUT2D eigenvalue weighted by molar-refractivity contribution is -0.142. The minimum atomic E-state index is -0.399. The van der Waals surface area contributed by atoms with Crippen molar-refractivity contribution in [3.05, 3.63) is 59.7 Å². The largest absolute Gasteiger partial charge is 0.487 e. The summed E-state index contributed by atoms with van der Waals surface area (Å²) in [5, 5.41) is 2.81. The van der Waals surface area contributed by atoms with Crippen LogP contribution in [0.3, 0.4) is 0 Å². The van der Waals surface area contributed by atoms with E-state index in [0.29, 0.717) is 18.0 Å². The molecule has 1 aliphatic carbocycles. The normalized spacial score (nSPS) is 20.8. The van der Waals surface area contributed by atoms with Crippen LogP contribution in [0.15, 0.2) is 48.5 Å². The van der Waals surface area contributed by atoms with Crippen LogP contribution in [0.25, 0.3) is 0 Å². The molecule has 1 N–H and O–H groups in total. The number of fused-ring (bicyclic) bond motifs is 1. The molecule has 3 amide bonds. The van der Waals surface area contributed by atoms with Crippen molar-refractivity contribution in [2.24, 2.45) is 11.8 Å². The Morgan fingerprint density at radius 1 is 1.03 bits per heavy atom.